The molecular weight excluding hydrogens is 302 g/mol. The number of carbonyl (C=O) groups excluding carboxylic acids is 1. The minimum absolute atomic E-state index is 0.106. The monoisotopic (exact) mass is 327 g/mol. The van der Waals surface area contributed by atoms with E-state index in [0.717, 1.165) is 24.4 Å². The van der Waals surface area contributed by atoms with Gasteiger partial charge in [-0.05, 0) is 37.3 Å². The molecule has 1 aliphatic heterocycles. The Bertz CT molecular complexity index is 729. The summed E-state index contributed by atoms with van der Waals surface area (Å²) in [6.45, 7) is 7.53. The van der Waals surface area contributed by atoms with Crippen LogP contribution in [0, 0.1) is 6.92 Å². The zero-order valence-corrected chi connectivity index (χ0v) is 14.6. The molecule has 3 rings (SSSR count). The minimum atomic E-state index is -0.106. The Morgan fingerprint density at radius 1 is 1.25 bits per heavy atom. The summed E-state index contributed by atoms with van der Waals surface area (Å²) >= 11 is 0. The van der Waals surface area contributed by atoms with Crippen molar-refractivity contribution in [3.8, 4) is 5.69 Å². The molecule has 0 saturated carbocycles. The normalized spacial score (nSPS) is 16.0. The van der Waals surface area contributed by atoms with Gasteiger partial charge in [0.05, 0.1) is 5.69 Å². The maximum absolute atomic E-state index is 12.7. The molecule has 1 aliphatic rings. The van der Waals surface area contributed by atoms with E-state index in [4.69, 9.17) is 5.73 Å². The van der Waals surface area contributed by atoms with Gasteiger partial charge in [-0.15, -0.1) is 5.10 Å². The van der Waals surface area contributed by atoms with Gasteiger partial charge in [0.25, 0.3) is 5.91 Å². The predicted octanol–water partition coefficient (Wildman–Crippen LogP) is 2.26. The first kappa shape index (κ1) is 16.6. The van der Waals surface area contributed by atoms with Gasteiger partial charge in [0, 0.05) is 19.1 Å². The summed E-state index contributed by atoms with van der Waals surface area (Å²) in [4.78, 5) is 18.9. The molecule has 2 aromatic rings. The largest absolute Gasteiger partial charge is 0.336 e. The number of rotatable bonds is 3. The second-order valence-corrected chi connectivity index (χ2v) is 6.74. The maximum atomic E-state index is 12.7. The van der Waals surface area contributed by atoms with E-state index in [1.54, 1.807) is 9.58 Å². The Morgan fingerprint density at radius 2 is 1.92 bits per heavy atom. The van der Waals surface area contributed by atoms with Gasteiger partial charge in [0.1, 0.15) is 5.82 Å². The highest BCUT2D eigenvalue weighted by Gasteiger charge is 2.25. The number of aromatic nitrogens is 3. The van der Waals surface area contributed by atoms with E-state index in [0.29, 0.717) is 19.0 Å². The summed E-state index contributed by atoms with van der Waals surface area (Å²) in [6, 6.07) is 8.31. The molecule has 1 aromatic heterocycles. The molecule has 0 unspecified atom stereocenters. The van der Waals surface area contributed by atoms with Gasteiger partial charge >= 0.3 is 0 Å². The van der Waals surface area contributed by atoms with Gasteiger partial charge in [-0.1, -0.05) is 32.0 Å². The van der Waals surface area contributed by atoms with E-state index < -0.39 is 0 Å². The molecule has 0 atom stereocenters. The fourth-order valence-electron chi connectivity index (χ4n) is 3.12. The molecule has 128 valence electrons. The average Bonchev–Trinajstić information content (AvgIpc) is 2.96. The van der Waals surface area contributed by atoms with Crippen molar-refractivity contribution >= 4 is 5.91 Å². The molecule has 2 heterocycles. The van der Waals surface area contributed by atoms with Crippen LogP contribution in [-0.4, -0.2) is 44.7 Å². The van der Waals surface area contributed by atoms with Gasteiger partial charge in [-0.3, -0.25) is 4.79 Å². The molecule has 1 fully saturated rings. The fraction of sp³-hybridized carbons (Fsp3) is 0.500. The average molecular weight is 327 g/mol. The van der Waals surface area contributed by atoms with Gasteiger partial charge in [0.2, 0.25) is 5.82 Å². The second kappa shape index (κ2) is 6.73. The van der Waals surface area contributed by atoms with Crippen LogP contribution in [0.15, 0.2) is 24.3 Å². The lowest BCUT2D eigenvalue weighted by atomic mass is 10.0. The molecule has 0 bridgehead atoms. The number of aryl methyl sites for hydroxylation is 1. The van der Waals surface area contributed by atoms with Crippen molar-refractivity contribution in [1.29, 1.82) is 0 Å². The molecule has 1 amide bonds. The summed E-state index contributed by atoms with van der Waals surface area (Å²) in [7, 11) is 0. The number of benzene rings is 1. The van der Waals surface area contributed by atoms with Crippen LogP contribution in [0.4, 0.5) is 0 Å². The third-order valence-corrected chi connectivity index (χ3v) is 4.57. The van der Waals surface area contributed by atoms with Crippen LogP contribution in [-0.2, 0) is 0 Å². The molecule has 6 nitrogen and oxygen atoms in total. The molecule has 0 radical (unpaired) electrons. The van der Waals surface area contributed by atoms with Crippen molar-refractivity contribution in [2.45, 2.75) is 45.6 Å². The Kier molecular flexibility index (Phi) is 4.66. The first-order valence-electron chi connectivity index (χ1n) is 8.55. The predicted molar refractivity (Wildman–Crippen MR) is 93.3 cm³/mol. The van der Waals surface area contributed by atoms with Crippen LogP contribution < -0.4 is 5.73 Å². The molecule has 24 heavy (non-hydrogen) atoms. The number of piperidine rings is 1. The number of nitrogens with two attached hydrogens (primary N) is 1. The summed E-state index contributed by atoms with van der Waals surface area (Å²) in [6.07, 6.45) is 1.67. The first-order valence-corrected chi connectivity index (χ1v) is 8.55. The zero-order valence-electron chi connectivity index (χ0n) is 14.6. The zero-order chi connectivity index (χ0) is 17.3. The Morgan fingerprint density at radius 3 is 2.58 bits per heavy atom. The topological polar surface area (TPSA) is 77.0 Å². The second-order valence-electron chi connectivity index (χ2n) is 6.74. The SMILES string of the molecule is Cc1nc(C(=O)N2CCC(N)CC2)nn1-c1ccccc1C(C)C. The fourth-order valence-corrected chi connectivity index (χ4v) is 3.12. The van der Waals surface area contributed by atoms with Crippen LogP contribution >= 0.6 is 0 Å². The molecule has 0 spiro atoms. The van der Waals surface area contributed by atoms with Crippen LogP contribution in [0.2, 0.25) is 0 Å². The lowest BCUT2D eigenvalue weighted by Gasteiger charge is -2.29. The van der Waals surface area contributed by atoms with Crippen LogP contribution in [0.5, 0.6) is 0 Å². The van der Waals surface area contributed by atoms with Crippen molar-refractivity contribution in [3.05, 3.63) is 41.5 Å². The highest BCUT2D eigenvalue weighted by atomic mass is 16.2. The molecule has 2 N–H and O–H groups in total. The van der Waals surface area contributed by atoms with E-state index in [9.17, 15) is 4.79 Å². The highest BCUT2D eigenvalue weighted by Crippen LogP contribution is 2.23. The van der Waals surface area contributed by atoms with E-state index in [1.807, 2.05) is 25.1 Å². The smallest absolute Gasteiger partial charge is 0.293 e. The van der Waals surface area contributed by atoms with Crippen molar-refractivity contribution in [3.63, 3.8) is 0 Å². The highest BCUT2D eigenvalue weighted by molar-refractivity contribution is 5.90. The number of likely N-dealkylation sites (tertiary alicyclic amines) is 1. The molecule has 0 aliphatic carbocycles. The molecule has 1 aromatic carbocycles. The third kappa shape index (κ3) is 3.19. The van der Waals surface area contributed by atoms with E-state index >= 15 is 0 Å². The minimum Gasteiger partial charge on any atom is -0.336 e. The van der Waals surface area contributed by atoms with Crippen molar-refractivity contribution in [1.82, 2.24) is 19.7 Å². The van der Waals surface area contributed by atoms with Gasteiger partial charge in [-0.2, -0.15) is 0 Å². The van der Waals surface area contributed by atoms with E-state index in [-0.39, 0.29) is 17.8 Å². The summed E-state index contributed by atoms with van der Waals surface area (Å²) in [5.74, 6) is 1.25. The summed E-state index contributed by atoms with van der Waals surface area (Å²) < 4.78 is 1.78. The Labute approximate surface area is 142 Å². The van der Waals surface area contributed by atoms with Gasteiger partial charge in [0.15, 0.2) is 0 Å². The Balaban J connectivity index is 1.90. The van der Waals surface area contributed by atoms with Crippen molar-refractivity contribution in [2.75, 3.05) is 13.1 Å². The number of nitrogens with zero attached hydrogens (tertiary/aromatic N) is 4. The molecule has 6 heteroatoms. The standard InChI is InChI=1S/C18H25N5O/c1-12(2)15-6-4-5-7-16(15)23-13(3)20-17(21-23)18(24)22-10-8-14(19)9-11-22/h4-7,12,14H,8-11,19H2,1-3H3. The maximum Gasteiger partial charge on any atom is 0.293 e. The van der Waals surface area contributed by atoms with Gasteiger partial charge < -0.3 is 10.6 Å². The van der Waals surface area contributed by atoms with Gasteiger partial charge in [-0.25, -0.2) is 9.67 Å². The quantitative estimate of drug-likeness (QED) is 0.938. The van der Waals surface area contributed by atoms with Crippen LogP contribution in [0.1, 0.15) is 54.6 Å². The van der Waals surface area contributed by atoms with E-state index in [1.165, 1.54) is 5.56 Å². The number of para-hydroxylation sites is 1. The number of amides is 1. The van der Waals surface area contributed by atoms with Crippen LogP contribution in [0.25, 0.3) is 5.69 Å². The summed E-state index contributed by atoms with van der Waals surface area (Å²) in [5.41, 5.74) is 8.08. The van der Waals surface area contributed by atoms with E-state index in [2.05, 4.69) is 30.0 Å². The van der Waals surface area contributed by atoms with Crippen molar-refractivity contribution in [2.24, 2.45) is 5.73 Å². The Hall–Kier alpha value is -2.21. The molecule has 1 saturated heterocycles. The lowest BCUT2D eigenvalue weighted by Crippen LogP contribution is -2.43. The number of hydrogen-bond donors (Lipinski definition) is 1. The summed E-state index contributed by atoms with van der Waals surface area (Å²) in [5, 5.41) is 4.50. The third-order valence-electron chi connectivity index (χ3n) is 4.57. The first-order chi connectivity index (χ1) is 11.5. The lowest BCUT2D eigenvalue weighted by molar-refractivity contribution is 0.0702. The number of hydrogen-bond acceptors (Lipinski definition) is 4. The molecular formula is C18H25N5O. The number of carbonyl (C=O) groups is 1. The van der Waals surface area contributed by atoms with Crippen molar-refractivity contribution < 1.29 is 4.79 Å². The van der Waals surface area contributed by atoms with Crippen LogP contribution in [0.3, 0.4) is 0 Å².